The Morgan fingerprint density at radius 2 is 2.40 bits per heavy atom. The summed E-state index contributed by atoms with van der Waals surface area (Å²) in [6.45, 7) is 0. The minimum Gasteiger partial charge on any atom is -0.480 e. The number of Topliss-reactive ketones (excluding diaryl/α,β-unsaturated/α-hetero) is 1. The summed E-state index contributed by atoms with van der Waals surface area (Å²) in [7, 11) is 0. The normalized spacial score (nSPS) is 26.5. The highest BCUT2D eigenvalue weighted by atomic mass is 16.4. The standard InChI is InChI=1S/C9H10N2O4/c12-5-1-6(8-3-10-4-15-8)11-7(2-5)9(13)14/h3-4,6-7,11H,1-2H2,(H,13,14). The van der Waals surface area contributed by atoms with Crippen molar-refractivity contribution in [2.24, 2.45) is 0 Å². The number of rotatable bonds is 2. The molecule has 1 aromatic rings. The van der Waals surface area contributed by atoms with E-state index in [9.17, 15) is 9.59 Å². The van der Waals surface area contributed by atoms with Crippen LogP contribution in [0.3, 0.4) is 0 Å². The fourth-order valence-electron chi connectivity index (χ4n) is 1.64. The fourth-order valence-corrected chi connectivity index (χ4v) is 1.64. The number of aliphatic carboxylic acids is 1. The molecule has 2 rings (SSSR count). The number of ketones is 1. The molecular weight excluding hydrogens is 200 g/mol. The number of hydrogen-bond acceptors (Lipinski definition) is 5. The van der Waals surface area contributed by atoms with Crippen molar-refractivity contribution < 1.29 is 19.1 Å². The van der Waals surface area contributed by atoms with Gasteiger partial charge >= 0.3 is 5.97 Å². The Hall–Kier alpha value is -1.69. The van der Waals surface area contributed by atoms with E-state index in [1.807, 2.05) is 0 Å². The van der Waals surface area contributed by atoms with E-state index in [0.29, 0.717) is 5.76 Å². The van der Waals surface area contributed by atoms with Crippen LogP contribution >= 0.6 is 0 Å². The number of carbonyl (C=O) groups is 2. The van der Waals surface area contributed by atoms with E-state index in [0.717, 1.165) is 0 Å². The van der Waals surface area contributed by atoms with Crippen LogP contribution in [-0.2, 0) is 9.59 Å². The third-order valence-corrected chi connectivity index (χ3v) is 2.36. The van der Waals surface area contributed by atoms with Gasteiger partial charge in [-0.2, -0.15) is 0 Å². The molecule has 80 valence electrons. The number of nitrogens with one attached hydrogen (secondary N) is 1. The lowest BCUT2D eigenvalue weighted by Crippen LogP contribution is -2.45. The molecule has 2 unspecified atom stereocenters. The van der Waals surface area contributed by atoms with Gasteiger partial charge < -0.3 is 9.52 Å². The monoisotopic (exact) mass is 210 g/mol. The second-order valence-corrected chi connectivity index (χ2v) is 3.46. The zero-order chi connectivity index (χ0) is 10.8. The van der Waals surface area contributed by atoms with Crippen molar-refractivity contribution in [2.75, 3.05) is 0 Å². The quantitative estimate of drug-likeness (QED) is 0.720. The predicted molar refractivity (Wildman–Crippen MR) is 48.0 cm³/mol. The number of carboxylic acid groups (broad SMARTS) is 1. The van der Waals surface area contributed by atoms with E-state index in [4.69, 9.17) is 9.52 Å². The minimum absolute atomic E-state index is 0.0277. The summed E-state index contributed by atoms with van der Waals surface area (Å²) in [6, 6.07) is -1.21. The largest absolute Gasteiger partial charge is 0.480 e. The van der Waals surface area contributed by atoms with E-state index in [-0.39, 0.29) is 24.7 Å². The van der Waals surface area contributed by atoms with Crippen molar-refractivity contribution in [3.8, 4) is 0 Å². The first kappa shape index (κ1) is 9.85. The number of carbonyl (C=O) groups excluding carboxylic acids is 1. The van der Waals surface area contributed by atoms with Crippen LogP contribution in [0.2, 0.25) is 0 Å². The number of carboxylic acids is 1. The van der Waals surface area contributed by atoms with Crippen LogP contribution in [0.15, 0.2) is 17.0 Å². The molecule has 6 nitrogen and oxygen atoms in total. The molecule has 2 N–H and O–H groups in total. The van der Waals surface area contributed by atoms with Gasteiger partial charge in [0.2, 0.25) is 0 Å². The predicted octanol–water partition coefficient (Wildman–Crippen LogP) is 0.121. The second kappa shape index (κ2) is 3.82. The molecule has 1 aliphatic rings. The van der Waals surface area contributed by atoms with Gasteiger partial charge in [-0.05, 0) is 0 Å². The van der Waals surface area contributed by atoms with E-state index >= 15 is 0 Å². The van der Waals surface area contributed by atoms with Crippen LogP contribution in [-0.4, -0.2) is 27.9 Å². The lowest BCUT2D eigenvalue weighted by molar-refractivity contribution is -0.143. The maximum absolute atomic E-state index is 11.3. The number of hydrogen-bond donors (Lipinski definition) is 2. The van der Waals surface area contributed by atoms with Gasteiger partial charge in [0.05, 0.1) is 12.2 Å². The fraction of sp³-hybridized carbons (Fsp3) is 0.444. The first-order chi connectivity index (χ1) is 7.16. The molecule has 0 amide bonds. The summed E-state index contributed by atoms with van der Waals surface area (Å²) in [4.78, 5) is 25.8. The Balaban J connectivity index is 2.14. The highest BCUT2D eigenvalue weighted by molar-refractivity contribution is 5.87. The second-order valence-electron chi connectivity index (χ2n) is 3.46. The summed E-state index contributed by atoms with van der Waals surface area (Å²) >= 11 is 0. The van der Waals surface area contributed by atoms with Gasteiger partial charge in [0.15, 0.2) is 6.39 Å². The average molecular weight is 210 g/mol. The van der Waals surface area contributed by atoms with Gasteiger partial charge in [-0.1, -0.05) is 0 Å². The van der Waals surface area contributed by atoms with Crippen molar-refractivity contribution in [2.45, 2.75) is 24.9 Å². The van der Waals surface area contributed by atoms with Crippen molar-refractivity contribution >= 4 is 11.8 Å². The highest BCUT2D eigenvalue weighted by Gasteiger charge is 2.32. The van der Waals surface area contributed by atoms with Crippen LogP contribution < -0.4 is 5.32 Å². The van der Waals surface area contributed by atoms with Crippen LogP contribution in [0.25, 0.3) is 0 Å². The van der Waals surface area contributed by atoms with Gasteiger partial charge in [0.1, 0.15) is 17.6 Å². The third kappa shape index (κ3) is 2.04. The summed E-state index contributed by atoms with van der Waals surface area (Å²) < 4.78 is 5.03. The topological polar surface area (TPSA) is 92.4 Å². The molecule has 0 saturated carbocycles. The molecule has 1 aliphatic heterocycles. The number of oxazole rings is 1. The Morgan fingerprint density at radius 3 is 3.00 bits per heavy atom. The molecule has 0 radical (unpaired) electrons. The van der Waals surface area contributed by atoms with Gasteiger partial charge in [-0.3, -0.25) is 14.9 Å². The van der Waals surface area contributed by atoms with E-state index in [1.165, 1.54) is 12.6 Å². The molecule has 2 heterocycles. The molecule has 1 fully saturated rings. The van der Waals surface area contributed by atoms with E-state index in [1.54, 1.807) is 0 Å². The Labute approximate surface area is 85.3 Å². The number of nitrogens with zero attached hydrogens (tertiary/aromatic N) is 1. The lowest BCUT2D eigenvalue weighted by atomic mass is 9.96. The first-order valence-electron chi connectivity index (χ1n) is 4.56. The summed E-state index contributed by atoms with van der Waals surface area (Å²) in [6.07, 6.45) is 3.01. The first-order valence-corrected chi connectivity index (χ1v) is 4.56. The lowest BCUT2D eigenvalue weighted by Gasteiger charge is -2.25. The van der Waals surface area contributed by atoms with Crippen LogP contribution in [0, 0.1) is 0 Å². The molecule has 0 aromatic carbocycles. The SMILES string of the molecule is O=C1CC(C(=O)O)NC(c2cnco2)C1. The summed E-state index contributed by atoms with van der Waals surface area (Å²) in [5, 5.41) is 11.6. The molecule has 1 saturated heterocycles. The Bertz CT molecular complexity index is 373. The van der Waals surface area contributed by atoms with Crippen molar-refractivity contribution in [1.29, 1.82) is 0 Å². The van der Waals surface area contributed by atoms with Gasteiger partial charge in [-0.15, -0.1) is 0 Å². The Kier molecular flexibility index (Phi) is 2.51. The van der Waals surface area contributed by atoms with Gasteiger partial charge in [0.25, 0.3) is 0 Å². The zero-order valence-electron chi connectivity index (χ0n) is 7.84. The smallest absolute Gasteiger partial charge is 0.321 e. The van der Waals surface area contributed by atoms with Crippen LogP contribution in [0.5, 0.6) is 0 Å². The van der Waals surface area contributed by atoms with Crippen LogP contribution in [0.4, 0.5) is 0 Å². The average Bonchev–Trinajstić information content (AvgIpc) is 2.69. The van der Waals surface area contributed by atoms with Crippen LogP contribution in [0.1, 0.15) is 24.6 Å². The molecule has 0 aliphatic carbocycles. The van der Waals surface area contributed by atoms with Crippen molar-refractivity contribution in [3.63, 3.8) is 0 Å². The summed E-state index contributed by atoms with van der Waals surface area (Å²) in [5.74, 6) is -0.607. The molecule has 6 heteroatoms. The minimum atomic E-state index is -1.02. The third-order valence-electron chi connectivity index (χ3n) is 2.36. The van der Waals surface area contributed by atoms with Crippen molar-refractivity contribution in [1.82, 2.24) is 10.3 Å². The maximum Gasteiger partial charge on any atom is 0.321 e. The summed E-state index contributed by atoms with van der Waals surface area (Å²) in [5.41, 5.74) is 0. The molecule has 1 aromatic heterocycles. The molecule has 0 spiro atoms. The molecule has 2 atom stereocenters. The van der Waals surface area contributed by atoms with Crippen molar-refractivity contribution in [3.05, 3.63) is 18.4 Å². The molecular formula is C9H10N2O4. The van der Waals surface area contributed by atoms with Gasteiger partial charge in [-0.25, -0.2) is 4.98 Å². The Morgan fingerprint density at radius 1 is 1.60 bits per heavy atom. The van der Waals surface area contributed by atoms with Gasteiger partial charge in [0, 0.05) is 12.8 Å². The molecule has 0 bridgehead atoms. The number of aromatic nitrogens is 1. The van der Waals surface area contributed by atoms with E-state index in [2.05, 4.69) is 10.3 Å². The zero-order valence-corrected chi connectivity index (χ0v) is 7.84. The molecule has 15 heavy (non-hydrogen) atoms. The maximum atomic E-state index is 11.3. The number of piperidine rings is 1. The van der Waals surface area contributed by atoms with E-state index < -0.39 is 12.0 Å². The highest BCUT2D eigenvalue weighted by Crippen LogP contribution is 2.23.